The van der Waals surface area contributed by atoms with Gasteiger partial charge in [0.15, 0.2) is 16.8 Å². The zero-order valence-electron chi connectivity index (χ0n) is 8.34. The SMILES string of the molecule is CC(C)c1c(F)c(F)cc2sc(N)nc12. The summed E-state index contributed by atoms with van der Waals surface area (Å²) in [5.74, 6) is -1.78. The van der Waals surface area contributed by atoms with Crippen molar-refractivity contribution in [3.8, 4) is 0 Å². The van der Waals surface area contributed by atoms with E-state index in [4.69, 9.17) is 5.73 Å². The van der Waals surface area contributed by atoms with Gasteiger partial charge in [-0.2, -0.15) is 0 Å². The molecule has 0 bridgehead atoms. The van der Waals surface area contributed by atoms with Crippen molar-refractivity contribution >= 4 is 26.7 Å². The Labute approximate surface area is 89.7 Å². The van der Waals surface area contributed by atoms with Crippen molar-refractivity contribution in [1.82, 2.24) is 4.98 Å². The smallest absolute Gasteiger partial charge is 0.181 e. The van der Waals surface area contributed by atoms with Gasteiger partial charge in [0.1, 0.15) is 0 Å². The number of hydrogen-bond acceptors (Lipinski definition) is 3. The summed E-state index contributed by atoms with van der Waals surface area (Å²) in [6, 6.07) is 1.14. The number of benzene rings is 1. The van der Waals surface area contributed by atoms with Gasteiger partial charge in [-0.1, -0.05) is 25.2 Å². The van der Waals surface area contributed by atoms with E-state index in [1.807, 2.05) is 0 Å². The van der Waals surface area contributed by atoms with E-state index in [0.29, 0.717) is 20.9 Å². The fourth-order valence-electron chi connectivity index (χ4n) is 1.58. The number of aromatic nitrogens is 1. The molecule has 1 heterocycles. The number of rotatable bonds is 1. The van der Waals surface area contributed by atoms with Crippen LogP contribution in [0.2, 0.25) is 0 Å². The van der Waals surface area contributed by atoms with Gasteiger partial charge < -0.3 is 5.73 Å². The van der Waals surface area contributed by atoms with E-state index in [2.05, 4.69) is 4.98 Å². The molecular formula is C10H10F2N2S. The zero-order valence-corrected chi connectivity index (χ0v) is 9.16. The van der Waals surface area contributed by atoms with E-state index in [9.17, 15) is 8.78 Å². The first-order chi connectivity index (χ1) is 7.00. The minimum Gasteiger partial charge on any atom is -0.375 e. The molecule has 2 N–H and O–H groups in total. The monoisotopic (exact) mass is 228 g/mol. The summed E-state index contributed by atoms with van der Waals surface area (Å²) in [4.78, 5) is 4.03. The first kappa shape index (κ1) is 10.3. The van der Waals surface area contributed by atoms with Crippen LogP contribution in [0, 0.1) is 11.6 Å². The second-order valence-corrected chi connectivity index (χ2v) is 4.70. The first-order valence-electron chi connectivity index (χ1n) is 4.54. The van der Waals surface area contributed by atoms with Gasteiger partial charge in [-0.15, -0.1) is 0 Å². The van der Waals surface area contributed by atoms with Gasteiger partial charge in [-0.25, -0.2) is 13.8 Å². The van der Waals surface area contributed by atoms with Crippen molar-refractivity contribution in [3.05, 3.63) is 23.3 Å². The molecule has 0 atom stereocenters. The lowest BCUT2D eigenvalue weighted by Crippen LogP contribution is -1.98. The minimum absolute atomic E-state index is 0.121. The van der Waals surface area contributed by atoms with E-state index in [1.165, 1.54) is 11.3 Å². The van der Waals surface area contributed by atoms with Crippen molar-refractivity contribution in [3.63, 3.8) is 0 Å². The van der Waals surface area contributed by atoms with Gasteiger partial charge in [0.25, 0.3) is 0 Å². The molecule has 0 aliphatic rings. The summed E-state index contributed by atoms with van der Waals surface area (Å²) >= 11 is 1.17. The normalized spacial score (nSPS) is 11.5. The summed E-state index contributed by atoms with van der Waals surface area (Å²) in [6.45, 7) is 3.60. The van der Waals surface area contributed by atoms with Crippen LogP contribution in [0.1, 0.15) is 25.3 Å². The van der Waals surface area contributed by atoms with Crippen molar-refractivity contribution in [1.29, 1.82) is 0 Å². The second-order valence-electron chi connectivity index (χ2n) is 3.64. The third kappa shape index (κ3) is 1.56. The van der Waals surface area contributed by atoms with Crippen LogP contribution in [0.5, 0.6) is 0 Å². The Hall–Kier alpha value is -1.23. The summed E-state index contributed by atoms with van der Waals surface area (Å²) in [5, 5.41) is 0.330. The highest BCUT2D eigenvalue weighted by molar-refractivity contribution is 7.22. The Balaban J connectivity index is 2.88. The Kier molecular flexibility index (Phi) is 2.34. The first-order valence-corrected chi connectivity index (χ1v) is 5.36. The lowest BCUT2D eigenvalue weighted by Gasteiger charge is -2.08. The quantitative estimate of drug-likeness (QED) is 0.813. The zero-order chi connectivity index (χ0) is 11.2. The van der Waals surface area contributed by atoms with Crippen LogP contribution in [0.25, 0.3) is 10.2 Å². The molecule has 1 aromatic carbocycles. The molecule has 2 nitrogen and oxygen atoms in total. The van der Waals surface area contributed by atoms with Crippen LogP contribution in [0.3, 0.4) is 0 Å². The lowest BCUT2D eigenvalue weighted by atomic mass is 10.0. The number of nitrogens with two attached hydrogens (primary N) is 1. The molecule has 0 unspecified atom stereocenters. The van der Waals surface area contributed by atoms with Gasteiger partial charge in [-0.3, -0.25) is 0 Å². The molecule has 0 fully saturated rings. The number of anilines is 1. The highest BCUT2D eigenvalue weighted by atomic mass is 32.1. The van der Waals surface area contributed by atoms with E-state index in [1.54, 1.807) is 13.8 Å². The average molecular weight is 228 g/mol. The molecule has 0 amide bonds. The largest absolute Gasteiger partial charge is 0.375 e. The third-order valence-electron chi connectivity index (χ3n) is 2.21. The van der Waals surface area contributed by atoms with Crippen molar-refractivity contribution < 1.29 is 8.78 Å². The number of nitrogen functional groups attached to an aromatic ring is 1. The van der Waals surface area contributed by atoms with E-state index in [0.717, 1.165) is 6.07 Å². The fraction of sp³-hybridized carbons (Fsp3) is 0.300. The number of nitrogens with zero attached hydrogens (tertiary/aromatic N) is 1. The molecule has 15 heavy (non-hydrogen) atoms. The molecule has 0 aliphatic heterocycles. The summed E-state index contributed by atoms with van der Waals surface area (Å²) < 4.78 is 27.4. The molecule has 1 aromatic heterocycles. The molecule has 0 saturated heterocycles. The molecular weight excluding hydrogens is 218 g/mol. The van der Waals surface area contributed by atoms with Crippen molar-refractivity contribution in [2.75, 3.05) is 5.73 Å². The number of halogens is 2. The van der Waals surface area contributed by atoms with Gasteiger partial charge in [0, 0.05) is 5.56 Å². The third-order valence-corrected chi connectivity index (χ3v) is 3.04. The minimum atomic E-state index is -0.838. The van der Waals surface area contributed by atoms with E-state index >= 15 is 0 Å². The Morgan fingerprint density at radius 2 is 2.07 bits per heavy atom. The predicted molar refractivity (Wildman–Crippen MR) is 58.0 cm³/mol. The van der Waals surface area contributed by atoms with Crippen LogP contribution >= 0.6 is 11.3 Å². The van der Waals surface area contributed by atoms with Crippen molar-refractivity contribution in [2.24, 2.45) is 0 Å². The van der Waals surface area contributed by atoms with Crippen LogP contribution in [0.15, 0.2) is 6.07 Å². The second kappa shape index (κ2) is 3.41. The fourth-order valence-corrected chi connectivity index (χ4v) is 2.35. The maximum atomic E-state index is 13.5. The highest BCUT2D eigenvalue weighted by Gasteiger charge is 2.18. The van der Waals surface area contributed by atoms with Gasteiger partial charge in [0.05, 0.1) is 10.2 Å². The maximum absolute atomic E-state index is 13.5. The molecule has 0 aliphatic carbocycles. The molecule has 0 spiro atoms. The van der Waals surface area contributed by atoms with Gasteiger partial charge in [0.2, 0.25) is 0 Å². The Morgan fingerprint density at radius 3 is 2.67 bits per heavy atom. The Morgan fingerprint density at radius 1 is 1.40 bits per heavy atom. The maximum Gasteiger partial charge on any atom is 0.181 e. The van der Waals surface area contributed by atoms with E-state index in [-0.39, 0.29) is 5.92 Å². The molecule has 0 saturated carbocycles. The molecule has 0 radical (unpaired) electrons. The predicted octanol–water partition coefficient (Wildman–Crippen LogP) is 3.28. The summed E-state index contributed by atoms with van der Waals surface area (Å²) in [7, 11) is 0. The number of hydrogen-bond donors (Lipinski definition) is 1. The van der Waals surface area contributed by atoms with E-state index < -0.39 is 11.6 Å². The van der Waals surface area contributed by atoms with Crippen LogP contribution in [0.4, 0.5) is 13.9 Å². The summed E-state index contributed by atoms with van der Waals surface area (Å²) in [6.07, 6.45) is 0. The van der Waals surface area contributed by atoms with Crippen LogP contribution < -0.4 is 5.73 Å². The molecule has 5 heteroatoms. The van der Waals surface area contributed by atoms with Crippen molar-refractivity contribution in [2.45, 2.75) is 19.8 Å². The number of fused-ring (bicyclic) bond motifs is 1. The molecule has 2 aromatic rings. The molecule has 80 valence electrons. The van der Waals surface area contributed by atoms with Gasteiger partial charge >= 0.3 is 0 Å². The summed E-state index contributed by atoms with van der Waals surface area (Å²) in [5.41, 5.74) is 6.30. The average Bonchev–Trinajstić information content (AvgIpc) is 2.46. The Bertz CT molecular complexity index is 520. The highest BCUT2D eigenvalue weighted by Crippen LogP contribution is 2.33. The topological polar surface area (TPSA) is 38.9 Å². The lowest BCUT2D eigenvalue weighted by molar-refractivity contribution is 0.497. The number of thiazole rings is 1. The van der Waals surface area contributed by atoms with Gasteiger partial charge in [-0.05, 0) is 12.0 Å². The van der Waals surface area contributed by atoms with Crippen LogP contribution in [-0.4, -0.2) is 4.98 Å². The van der Waals surface area contributed by atoms with Crippen LogP contribution in [-0.2, 0) is 0 Å². The molecule has 2 rings (SSSR count). The standard InChI is InChI=1S/C10H10F2N2S/c1-4(2)7-8(12)5(11)3-6-9(7)14-10(13)15-6/h3-4H,1-2H3,(H2,13,14).